The van der Waals surface area contributed by atoms with Crippen LogP contribution in [0.25, 0.3) is 0 Å². The van der Waals surface area contributed by atoms with Crippen molar-refractivity contribution in [3.05, 3.63) is 29.6 Å². The lowest BCUT2D eigenvalue weighted by molar-refractivity contribution is -0.141. The molecule has 1 atom stereocenters. The molecule has 90 valence electrons. The van der Waals surface area contributed by atoms with Crippen LogP contribution >= 0.6 is 0 Å². The van der Waals surface area contributed by atoms with Crippen molar-refractivity contribution in [2.24, 2.45) is 5.92 Å². The molecule has 0 unspecified atom stereocenters. The summed E-state index contributed by atoms with van der Waals surface area (Å²) in [6.45, 7) is 0. The van der Waals surface area contributed by atoms with Gasteiger partial charge in [-0.25, -0.2) is 0 Å². The van der Waals surface area contributed by atoms with E-state index in [0.717, 1.165) is 25.3 Å². The zero-order valence-corrected chi connectivity index (χ0v) is 9.04. The molecular weight excluding hydrogens is 229 g/mol. The lowest BCUT2D eigenvalue weighted by atomic mass is 9.96. The van der Waals surface area contributed by atoms with Crippen LogP contribution in [0.4, 0.5) is 13.2 Å². The monoisotopic (exact) mass is 240 g/mol. The van der Waals surface area contributed by atoms with Crippen molar-refractivity contribution in [3.8, 4) is 6.07 Å². The maximum Gasteiger partial charge on any atom is 0.433 e. The van der Waals surface area contributed by atoms with E-state index in [4.69, 9.17) is 5.26 Å². The van der Waals surface area contributed by atoms with Gasteiger partial charge < -0.3 is 0 Å². The van der Waals surface area contributed by atoms with Gasteiger partial charge in [-0.3, -0.25) is 4.98 Å². The van der Waals surface area contributed by atoms with E-state index in [1.54, 1.807) is 0 Å². The van der Waals surface area contributed by atoms with Crippen LogP contribution in [0, 0.1) is 17.2 Å². The van der Waals surface area contributed by atoms with Crippen LogP contribution in [0.3, 0.4) is 0 Å². The molecule has 0 saturated heterocycles. The Morgan fingerprint density at radius 1 is 1.41 bits per heavy atom. The molecule has 0 bridgehead atoms. The van der Waals surface area contributed by atoms with E-state index in [1.807, 2.05) is 0 Å². The topological polar surface area (TPSA) is 36.7 Å². The van der Waals surface area contributed by atoms with Crippen molar-refractivity contribution < 1.29 is 13.2 Å². The highest BCUT2D eigenvalue weighted by Crippen LogP contribution is 2.38. The molecule has 1 saturated carbocycles. The van der Waals surface area contributed by atoms with Crippen LogP contribution in [0.15, 0.2) is 18.3 Å². The van der Waals surface area contributed by atoms with Crippen molar-refractivity contribution in [3.63, 3.8) is 0 Å². The van der Waals surface area contributed by atoms with Gasteiger partial charge in [0.2, 0.25) is 0 Å². The molecule has 0 aliphatic heterocycles. The molecule has 2 rings (SSSR count). The standard InChI is InChI=1S/C12H11F3N2/c13-12(14,15)11-4-3-9(7-17-11)10(6-16)5-8-1-2-8/h3-4,7-8,10H,1-2,5H2/t10-/m0/s1. The lowest BCUT2D eigenvalue weighted by Crippen LogP contribution is -2.08. The molecule has 2 nitrogen and oxygen atoms in total. The molecule has 0 N–H and O–H groups in total. The molecule has 1 aliphatic carbocycles. The van der Waals surface area contributed by atoms with Gasteiger partial charge in [0.25, 0.3) is 0 Å². The van der Waals surface area contributed by atoms with Crippen LogP contribution in [-0.2, 0) is 6.18 Å². The SMILES string of the molecule is N#C[C@H](CC1CC1)c1ccc(C(F)(F)F)nc1. The molecule has 1 aromatic heterocycles. The van der Waals surface area contributed by atoms with Gasteiger partial charge in [-0.05, 0) is 24.0 Å². The fraction of sp³-hybridized carbons (Fsp3) is 0.500. The van der Waals surface area contributed by atoms with Gasteiger partial charge in [-0.2, -0.15) is 18.4 Å². The largest absolute Gasteiger partial charge is 0.433 e. The van der Waals surface area contributed by atoms with E-state index in [0.29, 0.717) is 11.5 Å². The molecule has 1 fully saturated rings. The number of alkyl halides is 3. The number of rotatable bonds is 3. The third kappa shape index (κ3) is 2.96. The Bertz CT molecular complexity index is 427. The van der Waals surface area contributed by atoms with E-state index in [9.17, 15) is 13.2 Å². The van der Waals surface area contributed by atoms with Crippen LogP contribution in [0.1, 0.15) is 36.4 Å². The molecule has 0 amide bonds. The van der Waals surface area contributed by atoms with Crippen LogP contribution in [0.2, 0.25) is 0 Å². The quantitative estimate of drug-likeness (QED) is 0.810. The predicted molar refractivity (Wildman–Crippen MR) is 54.9 cm³/mol. The first-order chi connectivity index (χ1) is 8.00. The summed E-state index contributed by atoms with van der Waals surface area (Å²) < 4.78 is 36.9. The van der Waals surface area contributed by atoms with Crippen molar-refractivity contribution in [2.75, 3.05) is 0 Å². The van der Waals surface area contributed by atoms with Crippen LogP contribution < -0.4 is 0 Å². The smallest absolute Gasteiger partial charge is 0.251 e. The molecule has 0 radical (unpaired) electrons. The van der Waals surface area contributed by atoms with Gasteiger partial charge in [0.05, 0.1) is 12.0 Å². The molecule has 1 heterocycles. The number of nitriles is 1. The zero-order chi connectivity index (χ0) is 12.5. The summed E-state index contributed by atoms with van der Waals surface area (Å²) in [4.78, 5) is 3.37. The fourth-order valence-electron chi connectivity index (χ4n) is 1.73. The van der Waals surface area contributed by atoms with Crippen molar-refractivity contribution in [1.29, 1.82) is 5.26 Å². The van der Waals surface area contributed by atoms with Gasteiger partial charge in [0.15, 0.2) is 0 Å². The van der Waals surface area contributed by atoms with E-state index in [-0.39, 0.29) is 5.92 Å². The Morgan fingerprint density at radius 2 is 2.12 bits per heavy atom. The van der Waals surface area contributed by atoms with Crippen molar-refractivity contribution in [2.45, 2.75) is 31.4 Å². The van der Waals surface area contributed by atoms with Crippen molar-refractivity contribution >= 4 is 0 Å². The number of pyridine rings is 1. The minimum absolute atomic E-state index is 0.336. The third-order valence-electron chi connectivity index (χ3n) is 2.90. The van der Waals surface area contributed by atoms with E-state index in [1.165, 1.54) is 12.3 Å². The summed E-state index contributed by atoms with van der Waals surface area (Å²) in [5.74, 6) is 0.222. The van der Waals surface area contributed by atoms with Gasteiger partial charge in [0, 0.05) is 6.20 Å². The van der Waals surface area contributed by atoms with E-state index < -0.39 is 11.9 Å². The number of nitrogens with zero attached hydrogens (tertiary/aromatic N) is 2. The Labute approximate surface area is 97.1 Å². The minimum atomic E-state index is -4.42. The lowest BCUT2D eigenvalue weighted by Gasteiger charge is -2.10. The summed E-state index contributed by atoms with van der Waals surface area (Å²) in [6.07, 6.45) is -0.293. The number of hydrogen-bond acceptors (Lipinski definition) is 2. The van der Waals surface area contributed by atoms with Crippen LogP contribution in [-0.4, -0.2) is 4.98 Å². The normalized spacial score (nSPS) is 17.5. The molecule has 1 aromatic rings. The second-order valence-corrected chi connectivity index (χ2v) is 4.34. The van der Waals surface area contributed by atoms with Gasteiger partial charge in [0.1, 0.15) is 5.69 Å². The molecule has 5 heteroatoms. The molecule has 17 heavy (non-hydrogen) atoms. The summed E-state index contributed by atoms with van der Waals surface area (Å²) in [7, 11) is 0. The highest BCUT2D eigenvalue weighted by atomic mass is 19.4. The maximum absolute atomic E-state index is 12.3. The second kappa shape index (κ2) is 4.36. The summed E-state index contributed by atoms with van der Waals surface area (Å²) in [5, 5.41) is 8.99. The molecule has 1 aliphatic rings. The number of halogens is 3. The Hall–Kier alpha value is -1.57. The summed E-state index contributed by atoms with van der Waals surface area (Å²) >= 11 is 0. The summed E-state index contributed by atoms with van der Waals surface area (Å²) in [6, 6.07) is 4.42. The zero-order valence-electron chi connectivity index (χ0n) is 9.04. The first kappa shape index (κ1) is 11.9. The molecule has 0 aromatic carbocycles. The number of hydrogen-bond donors (Lipinski definition) is 0. The predicted octanol–water partition coefficient (Wildman–Crippen LogP) is 3.51. The Kier molecular flexibility index (Phi) is 3.05. The Balaban J connectivity index is 2.13. The molecular formula is C12H11F3N2. The second-order valence-electron chi connectivity index (χ2n) is 4.34. The highest BCUT2D eigenvalue weighted by molar-refractivity contribution is 5.24. The minimum Gasteiger partial charge on any atom is -0.251 e. The third-order valence-corrected chi connectivity index (χ3v) is 2.90. The van der Waals surface area contributed by atoms with E-state index >= 15 is 0 Å². The maximum atomic E-state index is 12.3. The average Bonchev–Trinajstić information content (AvgIpc) is 3.09. The van der Waals surface area contributed by atoms with Crippen LogP contribution in [0.5, 0.6) is 0 Å². The molecule has 0 spiro atoms. The van der Waals surface area contributed by atoms with E-state index in [2.05, 4.69) is 11.1 Å². The summed E-state index contributed by atoms with van der Waals surface area (Å²) in [5.41, 5.74) is -0.336. The van der Waals surface area contributed by atoms with Gasteiger partial charge >= 0.3 is 6.18 Å². The average molecular weight is 240 g/mol. The Morgan fingerprint density at radius 3 is 2.53 bits per heavy atom. The first-order valence-electron chi connectivity index (χ1n) is 5.43. The first-order valence-corrected chi connectivity index (χ1v) is 5.43. The fourth-order valence-corrected chi connectivity index (χ4v) is 1.73. The van der Waals surface area contributed by atoms with Gasteiger partial charge in [-0.15, -0.1) is 0 Å². The highest BCUT2D eigenvalue weighted by Gasteiger charge is 2.32. The number of aromatic nitrogens is 1. The van der Waals surface area contributed by atoms with Gasteiger partial charge in [-0.1, -0.05) is 18.9 Å². The van der Waals surface area contributed by atoms with Crippen molar-refractivity contribution in [1.82, 2.24) is 4.98 Å².